The minimum absolute atomic E-state index is 0. The molecule has 26 heavy (non-hydrogen) atoms. The lowest BCUT2D eigenvalue weighted by Gasteiger charge is -2.33. The van der Waals surface area contributed by atoms with Crippen LogP contribution in [0.2, 0.25) is 5.02 Å². The molecule has 3 N–H and O–H groups in total. The van der Waals surface area contributed by atoms with Crippen LogP contribution in [-0.2, 0) is 0 Å². The lowest BCUT2D eigenvalue weighted by atomic mass is 9.88. The van der Waals surface area contributed by atoms with E-state index in [1.165, 1.54) is 0 Å². The van der Waals surface area contributed by atoms with Crippen molar-refractivity contribution in [2.75, 3.05) is 6.54 Å². The van der Waals surface area contributed by atoms with E-state index in [0.717, 1.165) is 24.4 Å². The molecule has 2 aromatic rings. The van der Waals surface area contributed by atoms with Gasteiger partial charge in [0.25, 0.3) is 5.91 Å². The van der Waals surface area contributed by atoms with Crippen molar-refractivity contribution in [1.82, 2.24) is 20.1 Å². The number of nitrogens with two attached hydrogens (primary N) is 1. The number of para-hydroxylation sites is 1. The Kier molecular flexibility index (Phi) is 6.32. The van der Waals surface area contributed by atoms with E-state index in [1.807, 2.05) is 39.0 Å². The zero-order valence-electron chi connectivity index (χ0n) is 15.2. The fourth-order valence-electron chi connectivity index (χ4n) is 2.57. The first-order valence-electron chi connectivity index (χ1n) is 8.60. The molecule has 142 valence electrons. The maximum Gasteiger partial charge on any atom is 0.291 e. The number of benzene rings is 1. The van der Waals surface area contributed by atoms with Gasteiger partial charge >= 0.3 is 0 Å². The van der Waals surface area contributed by atoms with E-state index >= 15 is 0 Å². The molecule has 1 aromatic carbocycles. The summed E-state index contributed by atoms with van der Waals surface area (Å²) in [6, 6.07) is 7.44. The Labute approximate surface area is 164 Å². The highest BCUT2D eigenvalue weighted by Gasteiger charge is 2.34. The number of amides is 1. The fourth-order valence-corrected chi connectivity index (χ4v) is 2.79. The van der Waals surface area contributed by atoms with Crippen LogP contribution in [-0.4, -0.2) is 32.8 Å². The van der Waals surface area contributed by atoms with Gasteiger partial charge < -0.3 is 11.1 Å². The molecule has 1 unspecified atom stereocenters. The monoisotopic (exact) mass is 397 g/mol. The quantitative estimate of drug-likeness (QED) is 0.782. The first-order chi connectivity index (χ1) is 11.9. The molecule has 0 spiro atoms. The second-order valence-electron chi connectivity index (χ2n) is 7.16. The number of hydrogen-bond acceptors (Lipinski definition) is 4. The number of aromatic nitrogens is 3. The SMILES string of the molecule is CC(C)C(C)(CN)NC(=O)c1nc(C2CC2)n(-c2ccccc2Cl)n1.Cl. The highest BCUT2D eigenvalue weighted by atomic mass is 35.5. The molecule has 1 fully saturated rings. The first-order valence-corrected chi connectivity index (χ1v) is 8.98. The summed E-state index contributed by atoms with van der Waals surface area (Å²) >= 11 is 6.31. The Morgan fingerprint density at radius 1 is 1.42 bits per heavy atom. The summed E-state index contributed by atoms with van der Waals surface area (Å²) in [7, 11) is 0. The average molecular weight is 398 g/mol. The highest BCUT2D eigenvalue weighted by Crippen LogP contribution is 2.40. The fraction of sp³-hybridized carbons (Fsp3) is 0.500. The van der Waals surface area contributed by atoms with E-state index in [4.69, 9.17) is 17.3 Å². The van der Waals surface area contributed by atoms with E-state index in [2.05, 4.69) is 15.4 Å². The van der Waals surface area contributed by atoms with Crippen LogP contribution >= 0.6 is 24.0 Å². The molecule has 1 aromatic heterocycles. The summed E-state index contributed by atoms with van der Waals surface area (Å²) in [6.45, 7) is 6.33. The summed E-state index contributed by atoms with van der Waals surface area (Å²) in [6.07, 6.45) is 2.10. The molecule has 0 aliphatic heterocycles. The molecule has 1 aliphatic rings. The van der Waals surface area contributed by atoms with Crippen LogP contribution in [0, 0.1) is 5.92 Å². The van der Waals surface area contributed by atoms with Crippen molar-refractivity contribution in [3.63, 3.8) is 0 Å². The second-order valence-corrected chi connectivity index (χ2v) is 7.57. The Bertz CT molecular complexity index is 788. The number of rotatable bonds is 6. The van der Waals surface area contributed by atoms with Crippen LogP contribution in [0.1, 0.15) is 56.0 Å². The molecule has 1 aliphatic carbocycles. The third kappa shape index (κ3) is 4.03. The van der Waals surface area contributed by atoms with Crippen molar-refractivity contribution in [3.05, 3.63) is 40.9 Å². The van der Waals surface area contributed by atoms with Gasteiger partial charge in [-0.1, -0.05) is 37.6 Å². The third-order valence-electron chi connectivity index (χ3n) is 4.96. The molecule has 1 saturated carbocycles. The van der Waals surface area contributed by atoms with Gasteiger partial charge in [0.2, 0.25) is 5.82 Å². The number of carbonyl (C=O) groups is 1. The Balaban J connectivity index is 0.00000243. The molecule has 0 saturated heterocycles. The van der Waals surface area contributed by atoms with Crippen LogP contribution in [0.3, 0.4) is 0 Å². The maximum atomic E-state index is 12.7. The molecule has 6 nitrogen and oxygen atoms in total. The van der Waals surface area contributed by atoms with Gasteiger partial charge in [-0.2, -0.15) is 0 Å². The number of hydrogen-bond donors (Lipinski definition) is 2. The number of halogens is 2. The van der Waals surface area contributed by atoms with Gasteiger partial charge in [0.05, 0.1) is 16.2 Å². The van der Waals surface area contributed by atoms with Crippen molar-refractivity contribution in [1.29, 1.82) is 0 Å². The van der Waals surface area contributed by atoms with Gasteiger partial charge in [-0.15, -0.1) is 17.5 Å². The lowest BCUT2D eigenvalue weighted by molar-refractivity contribution is 0.0872. The average Bonchev–Trinajstić information content (AvgIpc) is 3.33. The van der Waals surface area contributed by atoms with Crippen molar-refractivity contribution in [3.8, 4) is 5.69 Å². The first kappa shape index (κ1) is 20.7. The van der Waals surface area contributed by atoms with E-state index in [9.17, 15) is 4.79 Å². The molecular weight excluding hydrogens is 373 g/mol. The Morgan fingerprint density at radius 3 is 2.62 bits per heavy atom. The summed E-state index contributed by atoms with van der Waals surface area (Å²) in [5.74, 6) is 1.15. The number of carbonyl (C=O) groups excluding carboxylic acids is 1. The van der Waals surface area contributed by atoms with Crippen LogP contribution in [0.25, 0.3) is 5.69 Å². The Hall–Kier alpha value is -1.63. The maximum absolute atomic E-state index is 12.7. The van der Waals surface area contributed by atoms with Gasteiger partial charge in [0, 0.05) is 12.5 Å². The van der Waals surface area contributed by atoms with Gasteiger partial charge in [-0.3, -0.25) is 4.79 Å². The van der Waals surface area contributed by atoms with E-state index in [0.29, 0.717) is 17.5 Å². The molecule has 0 radical (unpaired) electrons. The molecule has 0 bridgehead atoms. The standard InChI is InChI=1S/C18H24ClN5O.ClH/c1-11(2)18(3,10-20)22-17(25)15-21-16(12-8-9-12)24(23-15)14-7-5-4-6-13(14)19;/h4-7,11-12H,8-10,20H2,1-3H3,(H,22,25);1H. The van der Waals surface area contributed by atoms with Crippen LogP contribution in [0.15, 0.2) is 24.3 Å². The van der Waals surface area contributed by atoms with Gasteiger partial charge in [-0.05, 0) is 37.8 Å². The highest BCUT2D eigenvalue weighted by molar-refractivity contribution is 6.32. The van der Waals surface area contributed by atoms with Crippen molar-refractivity contribution in [2.24, 2.45) is 11.7 Å². The lowest BCUT2D eigenvalue weighted by Crippen LogP contribution is -2.55. The molecule has 3 rings (SSSR count). The largest absolute Gasteiger partial charge is 0.343 e. The summed E-state index contributed by atoms with van der Waals surface area (Å²) in [5, 5.41) is 8.02. The van der Waals surface area contributed by atoms with Gasteiger partial charge in [0.1, 0.15) is 5.82 Å². The van der Waals surface area contributed by atoms with Crippen molar-refractivity contribution >= 4 is 29.9 Å². The summed E-state index contributed by atoms with van der Waals surface area (Å²) in [4.78, 5) is 17.2. The normalized spacial score (nSPS) is 16.1. The minimum atomic E-state index is -0.507. The second kappa shape index (κ2) is 7.94. The van der Waals surface area contributed by atoms with E-state index in [-0.39, 0.29) is 30.1 Å². The zero-order valence-corrected chi connectivity index (χ0v) is 16.8. The van der Waals surface area contributed by atoms with Crippen LogP contribution in [0.5, 0.6) is 0 Å². The smallest absolute Gasteiger partial charge is 0.291 e. The molecule has 1 atom stereocenters. The van der Waals surface area contributed by atoms with Gasteiger partial charge in [-0.25, -0.2) is 9.67 Å². The topological polar surface area (TPSA) is 85.8 Å². The predicted molar refractivity (Wildman–Crippen MR) is 105 cm³/mol. The van der Waals surface area contributed by atoms with Crippen LogP contribution in [0.4, 0.5) is 0 Å². The van der Waals surface area contributed by atoms with Gasteiger partial charge in [0.15, 0.2) is 0 Å². The molecule has 1 amide bonds. The molecule has 1 heterocycles. The minimum Gasteiger partial charge on any atom is -0.343 e. The third-order valence-corrected chi connectivity index (χ3v) is 5.28. The van der Waals surface area contributed by atoms with Crippen LogP contribution < -0.4 is 11.1 Å². The van der Waals surface area contributed by atoms with E-state index < -0.39 is 5.54 Å². The molecule has 8 heteroatoms. The zero-order chi connectivity index (χ0) is 18.2. The number of nitrogens with one attached hydrogen (secondary N) is 1. The summed E-state index contributed by atoms with van der Waals surface area (Å²) < 4.78 is 1.70. The number of nitrogens with zero attached hydrogens (tertiary/aromatic N) is 3. The Morgan fingerprint density at radius 2 is 2.08 bits per heavy atom. The summed E-state index contributed by atoms with van der Waals surface area (Å²) in [5.41, 5.74) is 6.09. The van der Waals surface area contributed by atoms with E-state index in [1.54, 1.807) is 10.7 Å². The molecular formula is C18H25Cl2N5O. The van der Waals surface area contributed by atoms with Crippen molar-refractivity contribution in [2.45, 2.75) is 45.1 Å². The van der Waals surface area contributed by atoms with Crippen molar-refractivity contribution < 1.29 is 4.79 Å². The predicted octanol–water partition coefficient (Wildman–Crippen LogP) is 3.32.